The van der Waals surface area contributed by atoms with Gasteiger partial charge in [-0.25, -0.2) is 4.79 Å². The van der Waals surface area contributed by atoms with Crippen LogP contribution in [-0.4, -0.2) is 71.3 Å². The minimum absolute atomic E-state index is 0.0301. The van der Waals surface area contributed by atoms with Crippen LogP contribution in [0, 0.1) is 5.92 Å². The van der Waals surface area contributed by atoms with Gasteiger partial charge in [0.25, 0.3) is 0 Å². The van der Waals surface area contributed by atoms with Gasteiger partial charge in [-0.15, -0.1) is 0 Å². The molecule has 0 aliphatic carbocycles. The maximum atomic E-state index is 13.0. The second-order valence-electron chi connectivity index (χ2n) is 8.26. The van der Waals surface area contributed by atoms with E-state index in [9.17, 15) is 14.4 Å². The van der Waals surface area contributed by atoms with Gasteiger partial charge in [-0.1, -0.05) is 30.3 Å². The fraction of sp³-hybridized carbons (Fsp3) is 0.609. The summed E-state index contributed by atoms with van der Waals surface area (Å²) >= 11 is 0. The fourth-order valence-electron chi connectivity index (χ4n) is 4.46. The van der Waals surface area contributed by atoms with Gasteiger partial charge in [0.1, 0.15) is 0 Å². The molecule has 2 atom stereocenters. The van der Waals surface area contributed by atoms with Crippen LogP contribution in [0.3, 0.4) is 0 Å². The van der Waals surface area contributed by atoms with Gasteiger partial charge in [0.05, 0.1) is 12.0 Å². The number of hydrogen-bond acceptors (Lipinski definition) is 3. The van der Waals surface area contributed by atoms with E-state index in [-0.39, 0.29) is 42.3 Å². The Morgan fingerprint density at radius 2 is 1.77 bits per heavy atom. The zero-order valence-electron chi connectivity index (χ0n) is 18.3. The molecule has 2 unspecified atom stereocenters. The summed E-state index contributed by atoms with van der Waals surface area (Å²) in [6.45, 7) is 9.06. The second-order valence-corrected chi connectivity index (χ2v) is 8.26. The molecule has 0 bridgehead atoms. The molecule has 1 aromatic carbocycles. The van der Waals surface area contributed by atoms with Crippen molar-refractivity contribution in [2.75, 3.05) is 32.7 Å². The molecule has 2 aliphatic rings. The van der Waals surface area contributed by atoms with Crippen LogP contribution in [0.1, 0.15) is 51.6 Å². The van der Waals surface area contributed by atoms with E-state index in [0.29, 0.717) is 32.7 Å². The third kappa shape index (κ3) is 4.94. The number of amides is 4. The molecule has 1 aromatic rings. The molecule has 0 spiro atoms. The lowest BCUT2D eigenvalue weighted by Gasteiger charge is -2.35. The molecule has 0 saturated carbocycles. The van der Waals surface area contributed by atoms with Gasteiger partial charge in [0.15, 0.2) is 0 Å². The van der Waals surface area contributed by atoms with Crippen LogP contribution in [0.4, 0.5) is 4.79 Å². The first-order valence-electron chi connectivity index (χ1n) is 11.1. The lowest BCUT2D eigenvalue weighted by molar-refractivity contribution is -0.136. The van der Waals surface area contributed by atoms with E-state index in [1.54, 1.807) is 4.90 Å². The summed E-state index contributed by atoms with van der Waals surface area (Å²) in [7, 11) is 0. The molecular weight excluding hydrogens is 380 g/mol. The van der Waals surface area contributed by atoms with Crippen molar-refractivity contribution < 1.29 is 14.4 Å². The topological polar surface area (TPSA) is 73.0 Å². The second kappa shape index (κ2) is 9.96. The number of piperidine rings is 1. The Morgan fingerprint density at radius 1 is 1.13 bits per heavy atom. The number of nitrogens with one attached hydrogen (secondary N) is 1. The summed E-state index contributed by atoms with van der Waals surface area (Å²) in [5.74, 6) is -0.156. The van der Waals surface area contributed by atoms with E-state index in [4.69, 9.17) is 0 Å². The van der Waals surface area contributed by atoms with Crippen molar-refractivity contribution in [2.24, 2.45) is 5.92 Å². The summed E-state index contributed by atoms with van der Waals surface area (Å²) < 4.78 is 0. The maximum absolute atomic E-state index is 13.0. The van der Waals surface area contributed by atoms with Crippen LogP contribution in [0.15, 0.2) is 30.3 Å². The van der Waals surface area contributed by atoms with Crippen LogP contribution < -0.4 is 5.32 Å². The number of urea groups is 1. The maximum Gasteiger partial charge on any atom is 0.317 e. The molecule has 0 aromatic heterocycles. The van der Waals surface area contributed by atoms with Gasteiger partial charge in [-0.2, -0.15) is 0 Å². The quantitative estimate of drug-likeness (QED) is 0.778. The molecule has 2 heterocycles. The Balaban J connectivity index is 1.51. The molecule has 2 fully saturated rings. The van der Waals surface area contributed by atoms with Crippen LogP contribution in [-0.2, 0) is 9.59 Å². The zero-order valence-corrected chi connectivity index (χ0v) is 18.3. The minimum atomic E-state index is -0.273. The van der Waals surface area contributed by atoms with E-state index < -0.39 is 0 Å². The number of carbonyl (C=O) groups excluding carboxylic acids is 3. The van der Waals surface area contributed by atoms with Gasteiger partial charge in [-0.3, -0.25) is 9.59 Å². The highest BCUT2D eigenvalue weighted by molar-refractivity contribution is 5.89. The van der Waals surface area contributed by atoms with E-state index >= 15 is 0 Å². The predicted octanol–water partition coefficient (Wildman–Crippen LogP) is 2.64. The SMILES string of the molecule is CCN(CC)C(=O)NC1CCN(C(=O)C2CC(=O)N(C(C)c3ccccc3)C2)CC1. The molecule has 1 N–H and O–H groups in total. The van der Waals surface area contributed by atoms with Crippen LogP contribution in [0.2, 0.25) is 0 Å². The Morgan fingerprint density at radius 3 is 2.37 bits per heavy atom. The highest BCUT2D eigenvalue weighted by Crippen LogP contribution is 2.30. The first-order valence-corrected chi connectivity index (χ1v) is 11.1. The van der Waals surface area contributed by atoms with Crippen molar-refractivity contribution in [3.05, 3.63) is 35.9 Å². The summed E-state index contributed by atoms with van der Waals surface area (Å²) in [6.07, 6.45) is 1.79. The van der Waals surface area contributed by atoms with Crippen molar-refractivity contribution in [2.45, 2.75) is 52.1 Å². The molecular formula is C23H34N4O3. The normalized spacial score (nSPS) is 20.9. The van der Waals surface area contributed by atoms with E-state index in [2.05, 4.69) is 5.32 Å². The molecule has 7 nitrogen and oxygen atoms in total. The Hall–Kier alpha value is -2.57. The predicted molar refractivity (Wildman–Crippen MR) is 116 cm³/mol. The average molecular weight is 415 g/mol. The molecule has 4 amide bonds. The van der Waals surface area contributed by atoms with Gasteiger partial charge >= 0.3 is 6.03 Å². The van der Waals surface area contributed by atoms with Crippen molar-refractivity contribution in [3.8, 4) is 0 Å². The van der Waals surface area contributed by atoms with Crippen LogP contribution in [0.5, 0.6) is 0 Å². The smallest absolute Gasteiger partial charge is 0.317 e. The van der Waals surface area contributed by atoms with Crippen molar-refractivity contribution in [1.82, 2.24) is 20.0 Å². The molecule has 7 heteroatoms. The minimum Gasteiger partial charge on any atom is -0.342 e. The molecule has 30 heavy (non-hydrogen) atoms. The zero-order chi connectivity index (χ0) is 21.7. The molecule has 0 radical (unpaired) electrons. The first-order chi connectivity index (χ1) is 14.4. The standard InChI is InChI=1S/C23H34N4O3/c1-4-25(5-2)23(30)24-20-11-13-26(14-12-20)22(29)19-15-21(28)27(16-19)17(3)18-9-7-6-8-10-18/h6-10,17,19-20H,4-5,11-16H2,1-3H3,(H,24,30). The van der Waals surface area contributed by atoms with Crippen molar-refractivity contribution in [1.29, 1.82) is 0 Å². The number of rotatable bonds is 6. The van der Waals surface area contributed by atoms with E-state index in [1.807, 2.05) is 60.9 Å². The largest absolute Gasteiger partial charge is 0.342 e. The van der Waals surface area contributed by atoms with E-state index in [0.717, 1.165) is 18.4 Å². The highest BCUT2D eigenvalue weighted by atomic mass is 16.2. The molecule has 2 aliphatic heterocycles. The Labute approximate surface area is 179 Å². The number of nitrogens with zero attached hydrogens (tertiary/aromatic N) is 3. The van der Waals surface area contributed by atoms with Gasteiger partial charge < -0.3 is 20.0 Å². The van der Waals surface area contributed by atoms with Gasteiger partial charge in [0, 0.05) is 45.2 Å². The highest BCUT2D eigenvalue weighted by Gasteiger charge is 2.39. The lowest BCUT2D eigenvalue weighted by Crippen LogP contribution is -2.51. The third-order valence-electron chi connectivity index (χ3n) is 6.44. The fourth-order valence-corrected chi connectivity index (χ4v) is 4.46. The number of benzene rings is 1. The van der Waals surface area contributed by atoms with Crippen molar-refractivity contribution in [3.63, 3.8) is 0 Å². The monoisotopic (exact) mass is 414 g/mol. The van der Waals surface area contributed by atoms with Gasteiger partial charge in [0.2, 0.25) is 11.8 Å². The molecule has 2 saturated heterocycles. The molecule has 164 valence electrons. The first kappa shape index (κ1) is 22.1. The summed E-state index contributed by atoms with van der Waals surface area (Å²) in [5, 5.41) is 3.08. The molecule has 3 rings (SSSR count). The van der Waals surface area contributed by atoms with Gasteiger partial charge in [-0.05, 0) is 39.2 Å². The Kier molecular flexibility index (Phi) is 7.34. The lowest BCUT2D eigenvalue weighted by atomic mass is 10.0. The summed E-state index contributed by atoms with van der Waals surface area (Å²) in [4.78, 5) is 43.3. The third-order valence-corrected chi connectivity index (χ3v) is 6.44. The van der Waals surface area contributed by atoms with Crippen LogP contribution in [0.25, 0.3) is 0 Å². The number of carbonyl (C=O) groups is 3. The summed E-state index contributed by atoms with van der Waals surface area (Å²) in [6, 6.07) is 9.98. The average Bonchev–Trinajstić information content (AvgIpc) is 3.16. The number of hydrogen-bond donors (Lipinski definition) is 1. The van der Waals surface area contributed by atoms with Crippen LogP contribution >= 0.6 is 0 Å². The summed E-state index contributed by atoms with van der Waals surface area (Å²) in [5.41, 5.74) is 1.09. The Bertz CT molecular complexity index is 742. The van der Waals surface area contributed by atoms with Crippen molar-refractivity contribution >= 4 is 17.8 Å². The van der Waals surface area contributed by atoms with E-state index in [1.165, 1.54) is 0 Å². The number of likely N-dealkylation sites (tertiary alicyclic amines) is 2.